The molecule has 2 rings (SSSR count). The van der Waals surface area contributed by atoms with Crippen LogP contribution in [-0.4, -0.2) is 12.7 Å². The lowest BCUT2D eigenvalue weighted by molar-refractivity contribution is -0.0281. The first-order valence-corrected chi connectivity index (χ1v) is 7.01. The second-order valence-electron chi connectivity index (χ2n) is 4.40. The molecule has 0 saturated heterocycles. The van der Waals surface area contributed by atoms with Gasteiger partial charge >= 0.3 is 0 Å². The first kappa shape index (κ1) is 12.4. The molecule has 4 heteroatoms. The van der Waals surface area contributed by atoms with Crippen molar-refractivity contribution < 1.29 is 4.74 Å². The normalized spacial score (nSPS) is 26.4. The highest BCUT2D eigenvalue weighted by molar-refractivity contribution is 7.16. The van der Waals surface area contributed by atoms with E-state index in [4.69, 9.17) is 22.1 Å². The lowest BCUT2D eigenvalue weighted by atomic mass is 9.78. The van der Waals surface area contributed by atoms with E-state index in [0.29, 0.717) is 6.10 Å². The first-order chi connectivity index (χ1) is 7.69. The number of thiophene rings is 1. The van der Waals surface area contributed by atoms with Crippen LogP contribution in [0.1, 0.15) is 37.1 Å². The fourth-order valence-electron chi connectivity index (χ4n) is 2.24. The zero-order valence-electron chi connectivity index (χ0n) is 9.49. The van der Waals surface area contributed by atoms with E-state index in [1.165, 1.54) is 17.7 Å². The summed E-state index contributed by atoms with van der Waals surface area (Å²) in [5, 5.41) is 0. The Labute approximate surface area is 106 Å². The van der Waals surface area contributed by atoms with E-state index in [-0.39, 0.29) is 6.04 Å². The Hall–Kier alpha value is -0.0900. The van der Waals surface area contributed by atoms with Crippen LogP contribution in [0.2, 0.25) is 4.34 Å². The van der Waals surface area contributed by atoms with Crippen LogP contribution in [0.3, 0.4) is 0 Å². The number of ether oxygens (including phenoxy) is 1. The third-order valence-electron chi connectivity index (χ3n) is 3.14. The van der Waals surface area contributed by atoms with E-state index in [1.54, 1.807) is 11.3 Å². The number of rotatable bonds is 5. The fraction of sp³-hybridized carbons (Fsp3) is 0.667. The topological polar surface area (TPSA) is 35.2 Å². The van der Waals surface area contributed by atoms with Crippen LogP contribution in [0.25, 0.3) is 0 Å². The molecular formula is C12H18ClNOS. The van der Waals surface area contributed by atoms with Gasteiger partial charge in [-0.3, -0.25) is 0 Å². The molecule has 1 saturated carbocycles. The fourth-order valence-corrected chi connectivity index (χ4v) is 3.32. The third-order valence-corrected chi connectivity index (χ3v) is 4.50. The number of nitrogens with two attached hydrogens (primary N) is 1. The second-order valence-corrected chi connectivity index (χ2v) is 6.15. The van der Waals surface area contributed by atoms with Crippen LogP contribution in [0.4, 0.5) is 0 Å². The zero-order chi connectivity index (χ0) is 11.5. The third kappa shape index (κ3) is 2.98. The average molecular weight is 260 g/mol. The van der Waals surface area contributed by atoms with Crippen molar-refractivity contribution in [1.29, 1.82) is 0 Å². The van der Waals surface area contributed by atoms with E-state index in [0.717, 1.165) is 23.3 Å². The number of hydrogen-bond donors (Lipinski definition) is 1. The number of hydrogen-bond acceptors (Lipinski definition) is 3. The molecular weight excluding hydrogens is 242 g/mol. The van der Waals surface area contributed by atoms with Crippen LogP contribution in [0.15, 0.2) is 12.1 Å². The molecule has 0 radical (unpaired) electrons. The summed E-state index contributed by atoms with van der Waals surface area (Å²) >= 11 is 7.49. The van der Waals surface area contributed by atoms with Gasteiger partial charge in [0, 0.05) is 17.5 Å². The molecule has 0 aromatic carbocycles. The molecule has 90 valence electrons. The molecule has 16 heavy (non-hydrogen) atoms. The minimum absolute atomic E-state index is 0.144. The van der Waals surface area contributed by atoms with Gasteiger partial charge in [-0.15, -0.1) is 11.3 Å². The van der Waals surface area contributed by atoms with Gasteiger partial charge in [0.15, 0.2) is 0 Å². The van der Waals surface area contributed by atoms with Crippen molar-refractivity contribution in [2.24, 2.45) is 11.7 Å². The summed E-state index contributed by atoms with van der Waals surface area (Å²) in [6, 6.07) is 4.10. The predicted molar refractivity (Wildman–Crippen MR) is 69.0 cm³/mol. The summed E-state index contributed by atoms with van der Waals surface area (Å²) in [4.78, 5) is 1.20. The minimum atomic E-state index is 0.144. The molecule has 2 nitrogen and oxygen atoms in total. The highest BCUT2D eigenvalue weighted by Crippen LogP contribution is 2.37. The maximum atomic E-state index is 6.15. The van der Waals surface area contributed by atoms with Crippen molar-refractivity contribution in [3.63, 3.8) is 0 Å². The van der Waals surface area contributed by atoms with Gasteiger partial charge in [-0.2, -0.15) is 0 Å². The van der Waals surface area contributed by atoms with Crippen LogP contribution in [-0.2, 0) is 4.74 Å². The Morgan fingerprint density at radius 1 is 1.56 bits per heavy atom. The quantitative estimate of drug-likeness (QED) is 0.877. The Balaban J connectivity index is 1.75. The summed E-state index contributed by atoms with van der Waals surface area (Å²) in [6.07, 6.45) is 3.87. The predicted octanol–water partition coefficient (Wildman–Crippen LogP) is 3.61. The molecule has 1 unspecified atom stereocenters. The molecule has 1 atom stereocenters. The molecule has 0 aliphatic heterocycles. The summed E-state index contributed by atoms with van der Waals surface area (Å²) in [6.45, 7) is 2.87. The van der Waals surface area contributed by atoms with Gasteiger partial charge in [0.2, 0.25) is 0 Å². The molecule has 0 amide bonds. The van der Waals surface area contributed by atoms with Gasteiger partial charge in [-0.1, -0.05) is 11.6 Å². The van der Waals surface area contributed by atoms with Crippen LogP contribution in [0.5, 0.6) is 0 Å². The van der Waals surface area contributed by atoms with E-state index >= 15 is 0 Å². The van der Waals surface area contributed by atoms with Crippen LogP contribution < -0.4 is 5.73 Å². The van der Waals surface area contributed by atoms with Gasteiger partial charge in [-0.05, 0) is 44.2 Å². The van der Waals surface area contributed by atoms with Gasteiger partial charge in [0.1, 0.15) is 0 Å². The molecule has 1 aliphatic rings. The highest BCUT2D eigenvalue weighted by Gasteiger charge is 2.31. The molecule has 1 heterocycles. The van der Waals surface area contributed by atoms with Crippen molar-refractivity contribution in [1.82, 2.24) is 0 Å². The lowest BCUT2D eigenvalue weighted by Crippen LogP contribution is -2.33. The van der Waals surface area contributed by atoms with Crippen LogP contribution in [0, 0.1) is 5.92 Å². The van der Waals surface area contributed by atoms with E-state index in [2.05, 4.69) is 0 Å². The van der Waals surface area contributed by atoms with E-state index in [9.17, 15) is 0 Å². The zero-order valence-corrected chi connectivity index (χ0v) is 11.1. The van der Waals surface area contributed by atoms with Gasteiger partial charge < -0.3 is 10.5 Å². The van der Waals surface area contributed by atoms with Crippen molar-refractivity contribution >= 4 is 22.9 Å². The Bertz CT molecular complexity index is 336. The summed E-state index contributed by atoms with van der Waals surface area (Å²) in [7, 11) is 0. The Kier molecular flexibility index (Phi) is 4.25. The molecule has 1 aromatic rings. The lowest BCUT2D eigenvalue weighted by Gasteiger charge is -2.36. The first-order valence-electron chi connectivity index (χ1n) is 5.81. The average Bonchev–Trinajstić information content (AvgIpc) is 2.61. The van der Waals surface area contributed by atoms with Crippen molar-refractivity contribution in [3.05, 3.63) is 21.3 Å². The SMILES string of the molecule is CCOC1CC(CC(N)c2ccc(Cl)s2)C1. The van der Waals surface area contributed by atoms with Crippen molar-refractivity contribution in [3.8, 4) is 0 Å². The van der Waals surface area contributed by atoms with Crippen molar-refractivity contribution in [2.75, 3.05) is 6.61 Å². The Morgan fingerprint density at radius 2 is 2.31 bits per heavy atom. The second kappa shape index (κ2) is 5.50. The minimum Gasteiger partial charge on any atom is -0.378 e. The van der Waals surface area contributed by atoms with Crippen LogP contribution >= 0.6 is 22.9 Å². The Morgan fingerprint density at radius 3 is 2.88 bits per heavy atom. The molecule has 0 spiro atoms. The maximum absolute atomic E-state index is 6.15. The molecule has 1 aromatic heterocycles. The van der Waals surface area contributed by atoms with E-state index < -0.39 is 0 Å². The molecule has 1 fully saturated rings. The maximum Gasteiger partial charge on any atom is 0.0931 e. The summed E-state index contributed by atoms with van der Waals surface area (Å²) in [5.41, 5.74) is 6.15. The van der Waals surface area contributed by atoms with E-state index in [1.807, 2.05) is 19.1 Å². The summed E-state index contributed by atoms with van der Waals surface area (Å²) in [5.74, 6) is 0.729. The highest BCUT2D eigenvalue weighted by atomic mass is 35.5. The standard InChI is InChI=1S/C12H18ClNOS/c1-2-15-9-5-8(6-9)7-10(14)11-3-4-12(13)16-11/h3-4,8-10H,2,5-7,14H2,1H3. The molecule has 2 N–H and O–H groups in total. The number of halogens is 1. The van der Waals surface area contributed by atoms with Gasteiger partial charge in [-0.25, -0.2) is 0 Å². The summed E-state index contributed by atoms with van der Waals surface area (Å²) < 4.78 is 6.37. The monoisotopic (exact) mass is 259 g/mol. The largest absolute Gasteiger partial charge is 0.378 e. The molecule has 0 bridgehead atoms. The van der Waals surface area contributed by atoms with Gasteiger partial charge in [0.25, 0.3) is 0 Å². The van der Waals surface area contributed by atoms with Gasteiger partial charge in [0.05, 0.1) is 10.4 Å². The smallest absolute Gasteiger partial charge is 0.0931 e. The molecule has 1 aliphatic carbocycles. The van der Waals surface area contributed by atoms with Crippen molar-refractivity contribution in [2.45, 2.75) is 38.3 Å².